The highest BCUT2D eigenvalue weighted by Gasteiger charge is 2.33. The van der Waals surface area contributed by atoms with E-state index in [2.05, 4.69) is 5.32 Å². The molecule has 1 aromatic rings. The molecule has 0 radical (unpaired) electrons. The minimum Gasteiger partial charge on any atom is -0.466 e. The number of nitrogens with one attached hydrogen (secondary N) is 1. The van der Waals surface area contributed by atoms with Crippen LogP contribution in [0.5, 0.6) is 0 Å². The number of para-hydroxylation sites is 2. The van der Waals surface area contributed by atoms with Crippen LogP contribution in [0.2, 0.25) is 0 Å². The van der Waals surface area contributed by atoms with E-state index in [1.807, 2.05) is 24.3 Å². The van der Waals surface area contributed by atoms with Crippen LogP contribution in [0.4, 0.5) is 11.4 Å². The van der Waals surface area contributed by atoms with Crippen LogP contribution >= 0.6 is 0 Å². The molecular formula is C15H18N2O5. The van der Waals surface area contributed by atoms with Crippen LogP contribution < -0.4 is 10.2 Å². The lowest BCUT2D eigenvalue weighted by molar-refractivity contribution is -0.140. The molecular weight excluding hydrogens is 288 g/mol. The van der Waals surface area contributed by atoms with E-state index in [9.17, 15) is 9.59 Å². The second kappa shape index (κ2) is 6.95. The van der Waals surface area contributed by atoms with Crippen LogP contribution in [0, 0.1) is 0 Å². The smallest absolute Gasteiger partial charge is 0.355 e. The summed E-state index contributed by atoms with van der Waals surface area (Å²) in [5.41, 5.74) is 1.75. The summed E-state index contributed by atoms with van der Waals surface area (Å²) in [5, 5.41) is 3.04. The van der Waals surface area contributed by atoms with Gasteiger partial charge in [0, 0.05) is 7.05 Å². The number of benzene rings is 1. The normalized spacial score (nSPS) is 14.6. The van der Waals surface area contributed by atoms with Crippen LogP contribution in [-0.2, 0) is 23.8 Å². The zero-order chi connectivity index (χ0) is 16.1. The molecule has 0 fully saturated rings. The first-order chi connectivity index (χ1) is 10.6. The molecule has 0 aliphatic carbocycles. The van der Waals surface area contributed by atoms with Gasteiger partial charge in [-0.3, -0.25) is 0 Å². The Bertz CT molecular complexity index is 612. The number of rotatable bonds is 4. The van der Waals surface area contributed by atoms with Crippen molar-refractivity contribution in [3.05, 3.63) is 35.5 Å². The first-order valence-corrected chi connectivity index (χ1v) is 6.65. The molecule has 22 heavy (non-hydrogen) atoms. The monoisotopic (exact) mass is 306 g/mol. The molecule has 0 aromatic heterocycles. The lowest BCUT2D eigenvalue weighted by Crippen LogP contribution is -2.39. The van der Waals surface area contributed by atoms with Gasteiger partial charge in [-0.1, -0.05) is 12.1 Å². The van der Waals surface area contributed by atoms with Gasteiger partial charge in [0.25, 0.3) is 0 Å². The van der Waals surface area contributed by atoms with Crippen molar-refractivity contribution in [3.8, 4) is 0 Å². The zero-order valence-electron chi connectivity index (χ0n) is 12.7. The first kappa shape index (κ1) is 15.8. The Morgan fingerprint density at radius 2 is 1.86 bits per heavy atom. The maximum atomic E-state index is 12.2. The predicted octanol–water partition coefficient (Wildman–Crippen LogP) is 1.12. The average Bonchev–Trinajstić information content (AvgIpc) is 2.59. The molecule has 0 unspecified atom stereocenters. The van der Waals surface area contributed by atoms with Crippen molar-refractivity contribution in [1.82, 2.24) is 0 Å². The third-order valence-corrected chi connectivity index (χ3v) is 3.30. The summed E-state index contributed by atoms with van der Waals surface area (Å²) in [6.07, 6.45) is 0. The SMILES string of the molecule is CNc1ccccc1N1COCC(C(=O)OC)=C1C(=O)OC. The molecule has 0 atom stereocenters. The van der Waals surface area contributed by atoms with Crippen LogP contribution in [0.15, 0.2) is 35.5 Å². The molecule has 1 aliphatic rings. The number of ether oxygens (including phenoxy) is 3. The molecule has 0 spiro atoms. The molecule has 1 heterocycles. The van der Waals surface area contributed by atoms with E-state index in [4.69, 9.17) is 14.2 Å². The number of anilines is 2. The van der Waals surface area contributed by atoms with Gasteiger partial charge in [-0.15, -0.1) is 0 Å². The van der Waals surface area contributed by atoms with Gasteiger partial charge >= 0.3 is 11.9 Å². The fraction of sp³-hybridized carbons (Fsp3) is 0.333. The van der Waals surface area contributed by atoms with E-state index < -0.39 is 11.9 Å². The van der Waals surface area contributed by atoms with Crippen molar-refractivity contribution in [3.63, 3.8) is 0 Å². The molecule has 7 heteroatoms. The molecule has 1 N–H and O–H groups in total. The molecule has 7 nitrogen and oxygen atoms in total. The van der Waals surface area contributed by atoms with Gasteiger partial charge in [-0.25, -0.2) is 9.59 Å². The van der Waals surface area contributed by atoms with E-state index in [0.717, 1.165) is 5.69 Å². The number of carbonyl (C=O) groups excluding carboxylic acids is 2. The lowest BCUT2D eigenvalue weighted by atomic mass is 10.1. The van der Waals surface area contributed by atoms with Gasteiger partial charge in [0.15, 0.2) is 0 Å². The van der Waals surface area contributed by atoms with Gasteiger partial charge in [-0.2, -0.15) is 0 Å². The summed E-state index contributed by atoms with van der Waals surface area (Å²) in [4.78, 5) is 25.7. The Labute approximate surface area is 128 Å². The first-order valence-electron chi connectivity index (χ1n) is 6.65. The summed E-state index contributed by atoms with van der Waals surface area (Å²) in [7, 11) is 4.29. The fourth-order valence-electron chi connectivity index (χ4n) is 2.25. The van der Waals surface area contributed by atoms with Crippen molar-refractivity contribution >= 4 is 23.3 Å². The topological polar surface area (TPSA) is 77.1 Å². The van der Waals surface area contributed by atoms with E-state index in [1.54, 1.807) is 11.9 Å². The predicted molar refractivity (Wildman–Crippen MR) is 80.3 cm³/mol. The summed E-state index contributed by atoms with van der Waals surface area (Å²) >= 11 is 0. The number of carbonyl (C=O) groups is 2. The molecule has 0 amide bonds. The molecule has 118 valence electrons. The minimum atomic E-state index is -0.618. The summed E-state index contributed by atoms with van der Waals surface area (Å²) in [5.74, 6) is -1.23. The summed E-state index contributed by atoms with van der Waals surface area (Å²) in [6.45, 7) is 0.124. The summed E-state index contributed by atoms with van der Waals surface area (Å²) in [6, 6.07) is 7.37. The standard InChI is InChI=1S/C15H18N2O5/c1-16-11-6-4-5-7-12(11)17-9-22-8-10(14(18)20-2)13(17)15(19)21-3/h4-7,16H,8-9H2,1-3H3. The Morgan fingerprint density at radius 3 is 2.50 bits per heavy atom. The third kappa shape index (κ3) is 2.89. The van der Waals surface area contributed by atoms with E-state index in [-0.39, 0.29) is 24.6 Å². The Kier molecular flexibility index (Phi) is 5.00. The fourth-order valence-corrected chi connectivity index (χ4v) is 2.25. The maximum absolute atomic E-state index is 12.2. The van der Waals surface area contributed by atoms with Crippen molar-refractivity contribution in [2.24, 2.45) is 0 Å². The average molecular weight is 306 g/mol. The molecule has 0 bridgehead atoms. The van der Waals surface area contributed by atoms with Crippen LogP contribution in [-0.4, -0.2) is 46.5 Å². The molecule has 2 rings (SSSR count). The highest BCUT2D eigenvalue weighted by Crippen LogP contribution is 2.32. The largest absolute Gasteiger partial charge is 0.466 e. The molecule has 1 aliphatic heterocycles. The van der Waals surface area contributed by atoms with Crippen molar-refractivity contribution in [2.75, 3.05) is 44.8 Å². The van der Waals surface area contributed by atoms with E-state index >= 15 is 0 Å². The van der Waals surface area contributed by atoms with Gasteiger partial charge in [0.2, 0.25) is 0 Å². The third-order valence-electron chi connectivity index (χ3n) is 3.30. The van der Waals surface area contributed by atoms with Crippen molar-refractivity contribution in [2.45, 2.75) is 0 Å². The van der Waals surface area contributed by atoms with Crippen LogP contribution in [0.3, 0.4) is 0 Å². The lowest BCUT2D eigenvalue weighted by Gasteiger charge is -2.32. The Balaban J connectivity index is 2.57. The second-order valence-corrected chi connectivity index (χ2v) is 4.48. The highest BCUT2D eigenvalue weighted by atomic mass is 16.5. The zero-order valence-corrected chi connectivity index (χ0v) is 12.7. The number of esters is 2. The van der Waals surface area contributed by atoms with E-state index in [1.165, 1.54) is 14.2 Å². The second-order valence-electron chi connectivity index (χ2n) is 4.48. The molecule has 0 saturated carbocycles. The summed E-state index contributed by atoms with van der Waals surface area (Å²) < 4.78 is 15.0. The van der Waals surface area contributed by atoms with Crippen LogP contribution in [0.1, 0.15) is 0 Å². The van der Waals surface area contributed by atoms with Crippen LogP contribution in [0.25, 0.3) is 0 Å². The number of hydrogen-bond donors (Lipinski definition) is 1. The molecule has 0 saturated heterocycles. The van der Waals surface area contributed by atoms with Gasteiger partial charge in [0.05, 0.1) is 37.8 Å². The van der Waals surface area contributed by atoms with Crippen molar-refractivity contribution in [1.29, 1.82) is 0 Å². The highest BCUT2D eigenvalue weighted by molar-refractivity contribution is 6.04. The van der Waals surface area contributed by atoms with Gasteiger partial charge in [0.1, 0.15) is 12.4 Å². The van der Waals surface area contributed by atoms with Gasteiger partial charge < -0.3 is 24.4 Å². The minimum absolute atomic E-state index is 0.00464. The van der Waals surface area contributed by atoms with Crippen molar-refractivity contribution < 1.29 is 23.8 Å². The number of methoxy groups -OCH3 is 2. The van der Waals surface area contributed by atoms with E-state index in [0.29, 0.717) is 5.69 Å². The quantitative estimate of drug-likeness (QED) is 0.835. The van der Waals surface area contributed by atoms with Gasteiger partial charge in [-0.05, 0) is 12.1 Å². The molecule has 1 aromatic carbocycles. The number of hydrogen-bond acceptors (Lipinski definition) is 7. The maximum Gasteiger partial charge on any atom is 0.355 e. The Hall–Kier alpha value is -2.54. The number of nitrogens with zero attached hydrogens (tertiary/aromatic N) is 1. The Morgan fingerprint density at radius 1 is 1.18 bits per heavy atom.